The number of anilines is 1. The Labute approximate surface area is 145 Å². The molecule has 0 aliphatic rings. The highest BCUT2D eigenvalue weighted by Crippen LogP contribution is 2.25. The highest BCUT2D eigenvalue weighted by Gasteiger charge is 2.31. The van der Waals surface area contributed by atoms with Crippen LogP contribution in [0.4, 0.5) is 18.9 Å². The number of carbonyl (C=O) groups excluding carboxylic acids is 2. The molecule has 2 aromatic rings. The van der Waals surface area contributed by atoms with Crippen molar-refractivity contribution in [1.82, 2.24) is 5.32 Å². The summed E-state index contributed by atoms with van der Waals surface area (Å²) >= 11 is 1.41. The molecule has 0 spiro atoms. The lowest BCUT2D eigenvalue weighted by atomic mass is 10.2. The van der Waals surface area contributed by atoms with Crippen molar-refractivity contribution in [3.05, 3.63) is 46.7 Å². The molecule has 0 aliphatic heterocycles. The van der Waals surface area contributed by atoms with Crippen LogP contribution in [0.1, 0.15) is 23.2 Å². The third kappa shape index (κ3) is 6.84. The number of hydrogen-bond acceptors (Lipinski definition) is 4. The van der Waals surface area contributed by atoms with Gasteiger partial charge < -0.3 is 15.4 Å². The van der Waals surface area contributed by atoms with Gasteiger partial charge in [-0.05, 0) is 30.0 Å². The number of amides is 2. The SMILES string of the molecule is O=C(CCCNC(=O)c1ccsc1)Nc1cccc(OC(F)(F)F)c1. The maximum Gasteiger partial charge on any atom is 0.573 e. The highest BCUT2D eigenvalue weighted by molar-refractivity contribution is 7.08. The molecule has 0 aliphatic carbocycles. The van der Waals surface area contributed by atoms with Crippen molar-refractivity contribution < 1.29 is 27.5 Å². The minimum absolute atomic E-state index is 0.119. The van der Waals surface area contributed by atoms with E-state index in [2.05, 4.69) is 15.4 Å². The molecule has 9 heteroatoms. The molecule has 0 saturated carbocycles. The standard InChI is InChI=1S/C16H15F3N2O3S/c17-16(18,19)24-13-4-1-3-12(9-13)21-14(22)5-2-7-20-15(23)11-6-8-25-10-11/h1,3-4,6,8-10H,2,5,7H2,(H,20,23)(H,21,22). The second-order valence-corrected chi connectivity index (χ2v) is 5.78. The number of thiophene rings is 1. The predicted octanol–water partition coefficient (Wildman–Crippen LogP) is 3.80. The Morgan fingerprint density at radius 3 is 2.68 bits per heavy atom. The fourth-order valence-corrected chi connectivity index (χ4v) is 2.58. The van der Waals surface area contributed by atoms with E-state index in [1.54, 1.807) is 16.8 Å². The summed E-state index contributed by atoms with van der Waals surface area (Å²) in [5, 5.41) is 8.68. The van der Waals surface area contributed by atoms with Crippen molar-refractivity contribution >= 4 is 28.8 Å². The van der Waals surface area contributed by atoms with E-state index in [1.807, 2.05) is 0 Å². The minimum atomic E-state index is -4.79. The van der Waals surface area contributed by atoms with E-state index in [4.69, 9.17) is 0 Å². The zero-order valence-electron chi connectivity index (χ0n) is 12.9. The Morgan fingerprint density at radius 1 is 1.20 bits per heavy atom. The molecular weight excluding hydrogens is 357 g/mol. The summed E-state index contributed by atoms with van der Waals surface area (Å²) in [5.41, 5.74) is 0.769. The van der Waals surface area contributed by atoms with Gasteiger partial charge in [0.2, 0.25) is 5.91 Å². The van der Waals surface area contributed by atoms with Crippen molar-refractivity contribution in [3.63, 3.8) is 0 Å². The lowest BCUT2D eigenvalue weighted by Gasteiger charge is -2.10. The van der Waals surface area contributed by atoms with E-state index >= 15 is 0 Å². The van der Waals surface area contributed by atoms with Crippen molar-refractivity contribution in [3.8, 4) is 5.75 Å². The topological polar surface area (TPSA) is 67.4 Å². The molecule has 0 radical (unpaired) electrons. The first kappa shape index (κ1) is 18.8. The number of rotatable bonds is 7. The van der Waals surface area contributed by atoms with E-state index in [9.17, 15) is 22.8 Å². The van der Waals surface area contributed by atoms with E-state index < -0.39 is 12.1 Å². The number of hydrogen-bond donors (Lipinski definition) is 2. The average Bonchev–Trinajstić information content (AvgIpc) is 3.04. The van der Waals surface area contributed by atoms with Gasteiger partial charge in [0.05, 0.1) is 0 Å². The number of halogens is 3. The van der Waals surface area contributed by atoms with Crippen LogP contribution in [0.15, 0.2) is 41.1 Å². The van der Waals surface area contributed by atoms with Crippen LogP contribution in [0.3, 0.4) is 0 Å². The Bertz CT molecular complexity index is 718. The summed E-state index contributed by atoms with van der Waals surface area (Å²) in [7, 11) is 0. The first-order valence-electron chi connectivity index (χ1n) is 7.29. The molecule has 0 bridgehead atoms. The van der Waals surface area contributed by atoms with Gasteiger partial charge in [-0.1, -0.05) is 6.07 Å². The molecule has 2 rings (SSSR count). The third-order valence-corrected chi connectivity index (χ3v) is 3.68. The largest absolute Gasteiger partial charge is 0.573 e. The van der Waals surface area contributed by atoms with Crippen LogP contribution >= 0.6 is 11.3 Å². The second-order valence-electron chi connectivity index (χ2n) is 5.00. The smallest absolute Gasteiger partial charge is 0.406 e. The molecule has 1 heterocycles. The van der Waals surface area contributed by atoms with Crippen LogP contribution in [-0.2, 0) is 4.79 Å². The van der Waals surface area contributed by atoms with Crippen molar-refractivity contribution in [1.29, 1.82) is 0 Å². The molecule has 25 heavy (non-hydrogen) atoms. The normalized spacial score (nSPS) is 11.0. The van der Waals surface area contributed by atoms with Crippen LogP contribution in [0.25, 0.3) is 0 Å². The van der Waals surface area contributed by atoms with E-state index in [1.165, 1.54) is 23.5 Å². The van der Waals surface area contributed by atoms with Gasteiger partial charge in [0, 0.05) is 35.7 Å². The lowest BCUT2D eigenvalue weighted by molar-refractivity contribution is -0.274. The zero-order chi connectivity index (χ0) is 18.3. The van der Waals surface area contributed by atoms with Gasteiger partial charge in [-0.25, -0.2) is 0 Å². The molecule has 1 aromatic carbocycles. The summed E-state index contributed by atoms with van der Waals surface area (Å²) in [6, 6.07) is 6.73. The monoisotopic (exact) mass is 372 g/mol. The number of alkyl halides is 3. The Hall–Kier alpha value is -2.55. The molecular formula is C16H15F3N2O3S. The van der Waals surface area contributed by atoms with Gasteiger partial charge in [-0.2, -0.15) is 11.3 Å². The molecule has 134 valence electrons. The summed E-state index contributed by atoms with van der Waals surface area (Å²) in [4.78, 5) is 23.5. The quantitative estimate of drug-likeness (QED) is 0.727. The van der Waals surface area contributed by atoms with Gasteiger partial charge in [0.1, 0.15) is 5.75 Å². The molecule has 0 saturated heterocycles. The maximum absolute atomic E-state index is 12.2. The zero-order valence-corrected chi connectivity index (χ0v) is 13.7. The van der Waals surface area contributed by atoms with Gasteiger partial charge in [-0.3, -0.25) is 9.59 Å². The number of ether oxygens (including phenoxy) is 1. The van der Waals surface area contributed by atoms with E-state index in [0.717, 1.165) is 12.1 Å². The number of benzene rings is 1. The summed E-state index contributed by atoms with van der Waals surface area (Å²) in [6.45, 7) is 0.319. The van der Waals surface area contributed by atoms with Crippen molar-refractivity contribution in [2.45, 2.75) is 19.2 Å². The fourth-order valence-electron chi connectivity index (χ4n) is 1.94. The van der Waals surface area contributed by atoms with Crippen LogP contribution in [0.5, 0.6) is 5.75 Å². The Kier molecular flexibility index (Phi) is 6.40. The molecule has 5 nitrogen and oxygen atoms in total. The van der Waals surface area contributed by atoms with Crippen LogP contribution in [-0.4, -0.2) is 24.7 Å². The lowest BCUT2D eigenvalue weighted by Crippen LogP contribution is -2.25. The van der Waals surface area contributed by atoms with Gasteiger partial charge >= 0.3 is 6.36 Å². The predicted molar refractivity (Wildman–Crippen MR) is 87.6 cm³/mol. The maximum atomic E-state index is 12.2. The van der Waals surface area contributed by atoms with E-state index in [0.29, 0.717) is 18.5 Å². The molecule has 1 aromatic heterocycles. The first-order chi connectivity index (χ1) is 11.8. The van der Waals surface area contributed by atoms with Gasteiger partial charge in [0.25, 0.3) is 5.91 Å². The summed E-state index contributed by atoms with van der Waals surface area (Å²) in [6.07, 6.45) is -4.27. The first-order valence-corrected chi connectivity index (χ1v) is 8.24. The number of nitrogens with one attached hydrogen (secondary N) is 2. The minimum Gasteiger partial charge on any atom is -0.406 e. The van der Waals surface area contributed by atoms with Crippen LogP contribution in [0.2, 0.25) is 0 Å². The summed E-state index contributed by atoms with van der Waals surface area (Å²) in [5.74, 6) is -0.985. The van der Waals surface area contributed by atoms with Gasteiger partial charge in [0.15, 0.2) is 0 Å². The third-order valence-electron chi connectivity index (χ3n) is 3.00. The highest BCUT2D eigenvalue weighted by atomic mass is 32.1. The molecule has 2 amide bonds. The molecule has 0 atom stereocenters. The van der Waals surface area contributed by atoms with Crippen molar-refractivity contribution in [2.75, 3.05) is 11.9 Å². The average molecular weight is 372 g/mol. The Morgan fingerprint density at radius 2 is 2.00 bits per heavy atom. The molecule has 2 N–H and O–H groups in total. The molecule has 0 unspecified atom stereocenters. The summed E-state index contributed by atoms with van der Waals surface area (Å²) < 4.78 is 40.3. The Balaban J connectivity index is 1.73. The van der Waals surface area contributed by atoms with Gasteiger partial charge in [-0.15, -0.1) is 13.2 Å². The van der Waals surface area contributed by atoms with Crippen molar-refractivity contribution in [2.24, 2.45) is 0 Å². The second kappa shape index (κ2) is 8.52. The fraction of sp³-hybridized carbons (Fsp3) is 0.250. The van der Waals surface area contributed by atoms with Crippen LogP contribution < -0.4 is 15.4 Å². The number of carbonyl (C=O) groups is 2. The van der Waals surface area contributed by atoms with E-state index in [-0.39, 0.29) is 23.9 Å². The molecule has 0 fully saturated rings. The van der Waals surface area contributed by atoms with Crippen LogP contribution in [0, 0.1) is 0 Å².